The SMILES string of the molecule is Cc1nc(C)c([C@H](OC(C)(C)C)C(=O)O)c(N2CCC(C)(C)CC2)c1-c1ccc2c(c1)CCNC2. The van der Waals surface area contributed by atoms with Crippen LogP contribution in [-0.4, -0.2) is 41.3 Å². The number of carboxylic acids is 1. The molecule has 1 saturated heterocycles. The maximum Gasteiger partial charge on any atom is 0.337 e. The molecule has 0 amide bonds. The fourth-order valence-corrected chi connectivity index (χ4v) is 5.39. The number of ether oxygens (including phenoxy) is 1. The Bertz CT molecular complexity index is 1110. The van der Waals surface area contributed by atoms with Gasteiger partial charge >= 0.3 is 5.97 Å². The Morgan fingerprint density at radius 2 is 1.83 bits per heavy atom. The molecule has 35 heavy (non-hydrogen) atoms. The zero-order valence-corrected chi connectivity index (χ0v) is 22.4. The van der Waals surface area contributed by atoms with Crippen molar-refractivity contribution < 1.29 is 14.6 Å². The minimum absolute atomic E-state index is 0.279. The number of hydrogen-bond donors (Lipinski definition) is 2. The third kappa shape index (κ3) is 5.54. The highest BCUT2D eigenvalue weighted by Gasteiger charge is 2.36. The molecule has 0 radical (unpaired) electrons. The number of aryl methyl sites for hydroxylation is 2. The molecule has 3 heterocycles. The molecule has 0 saturated carbocycles. The Balaban J connectivity index is 1.95. The van der Waals surface area contributed by atoms with Crippen molar-refractivity contribution in [1.82, 2.24) is 10.3 Å². The van der Waals surface area contributed by atoms with E-state index < -0.39 is 17.7 Å². The number of fused-ring (bicyclic) bond motifs is 1. The third-order valence-corrected chi connectivity index (χ3v) is 7.35. The summed E-state index contributed by atoms with van der Waals surface area (Å²) in [5.41, 5.74) is 7.83. The zero-order chi connectivity index (χ0) is 25.5. The predicted octanol–water partition coefficient (Wildman–Crippen LogP) is 5.58. The highest BCUT2D eigenvalue weighted by Crippen LogP contribution is 2.45. The summed E-state index contributed by atoms with van der Waals surface area (Å²) in [6.45, 7) is 17.9. The number of carbonyl (C=O) groups is 1. The minimum Gasteiger partial charge on any atom is -0.479 e. The first-order chi connectivity index (χ1) is 16.4. The second kappa shape index (κ2) is 9.55. The van der Waals surface area contributed by atoms with Gasteiger partial charge in [0.05, 0.1) is 11.3 Å². The van der Waals surface area contributed by atoms with Crippen molar-refractivity contribution in [2.24, 2.45) is 5.41 Å². The lowest BCUT2D eigenvalue weighted by Gasteiger charge is -2.41. The summed E-state index contributed by atoms with van der Waals surface area (Å²) < 4.78 is 6.19. The molecular formula is C29H41N3O3. The molecule has 4 rings (SSSR count). The first-order valence-electron chi connectivity index (χ1n) is 12.9. The Hall–Kier alpha value is -2.44. The molecule has 2 aliphatic rings. The van der Waals surface area contributed by atoms with Crippen LogP contribution in [0.4, 0.5) is 5.69 Å². The summed E-state index contributed by atoms with van der Waals surface area (Å²) in [5, 5.41) is 13.8. The van der Waals surface area contributed by atoms with Crippen molar-refractivity contribution in [3.8, 4) is 11.1 Å². The molecule has 1 aromatic heterocycles. The van der Waals surface area contributed by atoms with E-state index in [9.17, 15) is 9.90 Å². The largest absolute Gasteiger partial charge is 0.479 e. The van der Waals surface area contributed by atoms with Crippen molar-refractivity contribution in [2.45, 2.75) is 86.0 Å². The number of aliphatic carboxylic acids is 1. The molecule has 6 nitrogen and oxygen atoms in total. The van der Waals surface area contributed by atoms with Gasteiger partial charge in [0.25, 0.3) is 0 Å². The van der Waals surface area contributed by atoms with Gasteiger partial charge in [-0.25, -0.2) is 4.79 Å². The normalized spacial score (nSPS) is 18.8. The number of aromatic nitrogens is 1. The van der Waals surface area contributed by atoms with Gasteiger partial charge in [0.1, 0.15) is 0 Å². The van der Waals surface area contributed by atoms with Crippen molar-refractivity contribution >= 4 is 11.7 Å². The fourth-order valence-electron chi connectivity index (χ4n) is 5.39. The molecule has 0 bridgehead atoms. The number of rotatable bonds is 5. The standard InChI is InChI=1S/C29H41N3O3/c1-18-23(21-8-9-22-17-30-13-10-20(22)16-21)25(32-14-11-29(6,7)12-15-32)24(19(2)31-18)26(27(33)34)35-28(3,4)5/h8-9,16,26,30H,10-15,17H2,1-7H3,(H,33,34)/t26-/m0/s1. The molecule has 2 aromatic rings. The van der Waals surface area contributed by atoms with Gasteiger partial charge < -0.3 is 20.1 Å². The molecule has 0 spiro atoms. The maximum atomic E-state index is 12.6. The van der Waals surface area contributed by atoms with Gasteiger partial charge in [-0.2, -0.15) is 0 Å². The number of carboxylic acid groups (broad SMARTS) is 1. The first kappa shape index (κ1) is 25.6. The van der Waals surface area contributed by atoms with E-state index in [1.165, 1.54) is 11.1 Å². The van der Waals surface area contributed by atoms with E-state index in [2.05, 4.69) is 42.3 Å². The number of nitrogens with one attached hydrogen (secondary N) is 1. The lowest BCUT2D eigenvalue weighted by molar-refractivity contribution is -0.160. The molecular weight excluding hydrogens is 438 g/mol. The van der Waals surface area contributed by atoms with Gasteiger partial charge in [0.2, 0.25) is 0 Å². The Kier molecular flexibility index (Phi) is 7.00. The predicted molar refractivity (Wildman–Crippen MR) is 141 cm³/mol. The van der Waals surface area contributed by atoms with Crippen LogP contribution < -0.4 is 10.2 Å². The smallest absolute Gasteiger partial charge is 0.337 e. The lowest BCUT2D eigenvalue weighted by atomic mass is 9.81. The van der Waals surface area contributed by atoms with E-state index in [1.54, 1.807) is 0 Å². The van der Waals surface area contributed by atoms with Gasteiger partial charge in [-0.3, -0.25) is 4.98 Å². The maximum absolute atomic E-state index is 12.6. The lowest BCUT2D eigenvalue weighted by Crippen LogP contribution is -2.39. The van der Waals surface area contributed by atoms with Crippen molar-refractivity contribution in [1.29, 1.82) is 0 Å². The van der Waals surface area contributed by atoms with Crippen molar-refractivity contribution in [2.75, 3.05) is 24.5 Å². The molecule has 1 fully saturated rings. The molecule has 2 N–H and O–H groups in total. The monoisotopic (exact) mass is 479 g/mol. The van der Waals surface area contributed by atoms with Gasteiger partial charge in [-0.15, -0.1) is 0 Å². The molecule has 1 aromatic carbocycles. The topological polar surface area (TPSA) is 74.7 Å². The van der Waals surface area contributed by atoms with Gasteiger partial charge in [0, 0.05) is 42.1 Å². The second-order valence-corrected chi connectivity index (χ2v) is 11.9. The quantitative estimate of drug-likeness (QED) is 0.583. The highest BCUT2D eigenvalue weighted by molar-refractivity contribution is 5.88. The molecule has 1 atom stereocenters. The molecule has 0 unspecified atom stereocenters. The molecule has 190 valence electrons. The number of hydrogen-bond acceptors (Lipinski definition) is 5. The summed E-state index contributed by atoms with van der Waals surface area (Å²) in [4.78, 5) is 19.9. The summed E-state index contributed by atoms with van der Waals surface area (Å²) >= 11 is 0. The molecule has 0 aliphatic carbocycles. The van der Waals surface area contributed by atoms with E-state index in [1.807, 2.05) is 34.6 Å². The Morgan fingerprint density at radius 3 is 2.46 bits per heavy atom. The second-order valence-electron chi connectivity index (χ2n) is 11.9. The van der Waals surface area contributed by atoms with Crippen LogP contribution in [0.1, 0.15) is 81.6 Å². The summed E-state index contributed by atoms with van der Waals surface area (Å²) in [6.07, 6.45) is 2.01. The summed E-state index contributed by atoms with van der Waals surface area (Å²) in [6, 6.07) is 6.67. The van der Waals surface area contributed by atoms with Crippen molar-refractivity contribution in [3.63, 3.8) is 0 Å². The van der Waals surface area contributed by atoms with Crippen LogP contribution >= 0.6 is 0 Å². The van der Waals surface area contributed by atoms with Crippen molar-refractivity contribution in [3.05, 3.63) is 46.3 Å². The van der Waals surface area contributed by atoms with Crippen LogP contribution in [0.3, 0.4) is 0 Å². The van der Waals surface area contributed by atoms with E-state index in [0.717, 1.165) is 73.6 Å². The van der Waals surface area contributed by atoms with Crippen LogP contribution in [0.5, 0.6) is 0 Å². The number of pyridine rings is 1. The van der Waals surface area contributed by atoms with Crippen LogP contribution in [0.25, 0.3) is 11.1 Å². The van der Waals surface area contributed by atoms with Crippen LogP contribution in [-0.2, 0) is 22.5 Å². The summed E-state index contributed by atoms with van der Waals surface area (Å²) in [5.74, 6) is -0.977. The van der Waals surface area contributed by atoms with Crippen LogP contribution in [0.15, 0.2) is 18.2 Å². The molecule has 6 heteroatoms. The summed E-state index contributed by atoms with van der Waals surface area (Å²) in [7, 11) is 0. The van der Waals surface area contributed by atoms with Gasteiger partial charge in [0.15, 0.2) is 6.10 Å². The average molecular weight is 480 g/mol. The number of nitrogens with zero attached hydrogens (tertiary/aromatic N) is 2. The number of benzene rings is 1. The number of anilines is 1. The first-order valence-corrected chi connectivity index (χ1v) is 12.9. The Morgan fingerprint density at radius 1 is 1.14 bits per heavy atom. The zero-order valence-electron chi connectivity index (χ0n) is 22.4. The van der Waals surface area contributed by atoms with E-state index in [4.69, 9.17) is 9.72 Å². The Labute approximate surface area is 210 Å². The average Bonchev–Trinajstić information content (AvgIpc) is 2.76. The number of piperidine rings is 1. The highest BCUT2D eigenvalue weighted by atomic mass is 16.5. The van der Waals surface area contributed by atoms with Crippen LogP contribution in [0, 0.1) is 19.3 Å². The molecule has 2 aliphatic heterocycles. The van der Waals surface area contributed by atoms with E-state index in [-0.39, 0.29) is 5.41 Å². The third-order valence-electron chi connectivity index (χ3n) is 7.35. The fraction of sp³-hybridized carbons (Fsp3) is 0.586. The van der Waals surface area contributed by atoms with E-state index >= 15 is 0 Å². The van der Waals surface area contributed by atoms with E-state index in [0.29, 0.717) is 5.56 Å². The van der Waals surface area contributed by atoms with Crippen LogP contribution in [0.2, 0.25) is 0 Å². The minimum atomic E-state index is -1.09. The van der Waals surface area contributed by atoms with Gasteiger partial charge in [-0.05, 0) is 82.5 Å². The van der Waals surface area contributed by atoms with Gasteiger partial charge in [-0.1, -0.05) is 32.0 Å².